The van der Waals surface area contributed by atoms with E-state index >= 15 is 0 Å². The summed E-state index contributed by atoms with van der Waals surface area (Å²) in [6.07, 6.45) is 4.43. The van der Waals surface area contributed by atoms with Gasteiger partial charge in [-0.3, -0.25) is 0 Å². The fraction of sp³-hybridized carbons (Fsp3) is 0.600. The molecule has 0 aromatic heterocycles. The van der Waals surface area contributed by atoms with Crippen LogP contribution in [0.25, 0.3) is 0 Å². The minimum absolute atomic E-state index is 0.0856. The minimum Gasteiger partial charge on any atom is -0.394 e. The summed E-state index contributed by atoms with van der Waals surface area (Å²) in [6, 6.07) is 8.70. The Labute approximate surface area is 110 Å². The monoisotopic (exact) mass is 248 g/mol. The van der Waals surface area contributed by atoms with Gasteiger partial charge in [0.2, 0.25) is 0 Å². The molecule has 1 aliphatic heterocycles. The van der Waals surface area contributed by atoms with Crippen molar-refractivity contribution in [2.75, 3.05) is 18.1 Å². The maximum Gasteiger partial charge on any atom is 0.0635 e. The number of piperidine rings is 1. The first-order chi connectivity index (χ1) is 8.77. The van der Waals surface area contributed by atoms with E-state index in [1.807, 2.05) is 6.07 Å². The van der Waals surface area contributed by atoms with E-state index in [1.165, 1.54) is 24.1 Å². The van der Waals surface area contributed by atoms with Crippen LogP contribution in [0.15, 0.2) is 24.3 Å². The molecule has 3 heteroatoms. The van der Waals surface area contributed by atoms with Gasteiger partial charge >= 0.3 is 0 Å². The quantitative estimate of drug-likeness (QED) is 0.860. The molecule has 0 amide bonds. The predicted molar refractivity (Wildman–Crippen MR) is 75.7 cm³/mol. The van der Waals surface area contributed by atoms with Gasteiger partial charge in [-0.25, -0.2) is 0 Å². The van der Waals surface area contributed by atoms with E-state index in [1.54, 1.807) is 0 Å². The molecule has 18 heavy (non-hydrogen) atoms. The number of nitrogens with zero attached hydrogens (tertiary/aromatic N) is 1. The Balaban J connectivity index is 2.30. The van der Waals surface area contributed by atoms with Gasteiger partial charge in [-0.15, -0.1) is 0 Å². The smallest absolute Gasteiger partial charge is 0.0635 e. The lowest BCUT2D eigenvalue weighted by Crippen LogP contribution is -2.42. The van der Waals surface area contributed by atoms with Gasteiger partial charge in [-0.05, 0) is 37.3 Å². The largest absolute Gasteiger partial charge is 0.394 e. The van der Waals surface area contributed by atoms with Gasteiger partial charge in [-0.2, -0.15) is 0 Å². The Morgan fingerprint density at radius 1 is 1.39 bits per heavy atom. The summed E-state index contributed by atoms with van der Waals surface area (Å²) < 4.78 is 0. The van der Waals surface area contributed by atoms with Crippen LogP contribution < -0.4 is 10.6 Å². The van der Waals surface area contributed by atoms with Crippen molar-refractivity contribution in [2.24, 2.45) is 5.73 Å². The molecule has 3 nitrogen and oxygen atoms in total. The van der Waals surface area contributed by atoms with Crippen molar-refractivity contribution in [1.82, 2.24) is 0 Å². The van der Waals surface area contributed by atoms with Gasteiger partial charge in [0.05, 0.1) is 12.6 Å². The Kier molecular flexibility index (Phi) is 4.61. The van der Waals surface area contributed by atoms with Crippen molar-refractivity contribution in [3.05, 3.63) is 29.8 Å². The topological polar surface area (TPSA) is 49.5 Å². The second-order valence-electron chi connectivity index (χ2n) is 5.10. The molecular weight excluding hydrogens is 224 g/mol. The molecule has 2 rings (SSSR count). The van der Waals surface area contributed by atoms with Crippen molar-refractivity contribution >= 4 is 5.69 Å². The maximum absolute atomic E-state index is 9.54. The molecule has 1 aromatic rings. The summed E-state index contributed by atoms with van der Waals surface area (Å²) in [5, 5.41) is 9.54. The molecule has 1 aliphatic rings. The Morgan fingerprint density at radius 2 is 2.17 bits per heavy atom. The number of anilines is 1. The summed E-state index contributed by atoms with van der Waals surface area (Å²) in [5.41, 5.74) is 8.62. The SMILES string of the molecule is CCC(N)c1ccccc1N1CCCCC1CO. The maximum atomic E-state index is 9.54. The van der Waals surface area contributed by atoms with Crippen LogP contribution in [0.4, 0.5) is 5.69 Å². The molecule has 1 fully saturated rings. The van der Waals surface area contributed by atoms with E-state index in [9.17, 15) is 5.11 Å². The molecule has 100 valence electrons. The van der Waals surface area contributed by atoms with Gasteiger partial charge in [0.1, 0.15) is 0 Å². The average molecular weight is 248 g/mol. The summed E-state index contributed by atoms with van der Waals surface area (Å²) >= 11 is 0. The number of nitrogens with two attached hydrogens (primary N) is 1. The van der Waals surface area contributed by atoms with Crippen LogP contribution in [0.5, 0.6) is 0 Å². The molecule has 2 atom stereocenters. The molecule has 0 bridgehead atoms. The van der Waals surface area contributed by atoms with Crippen LogP contribution in [-0.2, 0) is 0 Å². The van der Waals surface area contributed by atoms with Gasteiger partial charge in [0.15, 0.2) is 0 Å². The Morgan fingerprint density at radius 3 is 2.89 bits per heavy atom. The second kappa shape index (κ2) is 6.21. The number of aliphatic hydroxyl groups is 1. The van der Waals surface area contributed by atoms with E-state index in [2.05, 4.69) is 30.0 Å². The fourth-order valence-electron chi connectivity index (χ4n) is 2.79. The number of hydrogen-bond acceptors (Lipinski definition) is 3. The normalized spacial score (nSPS) is 21.9. The van der Waals surface area contributed by atoms with Crippen LogP contribution in [-0.4, -0.2) is 24.3 Å². The first kappa shape index (κ1) is 13.4. The molecule has 0 aliphatic carbocycles. The van der Waals surface area contributed by atoms with Crippen LogP contribution in [0.2, 0.25) is 0 Å². The van der Waals surface area contributed by atoms with Gasteiger partial charge in [0, 0.05) is 18.3 Å². The molecule has 3 N–H and O–H groups in total. The van der Waals surface area contributed by atoms with Crippen molar-refractivity contribution in [3.63, 3.8) is 0 Å². The van der Waals surface area contributed by atoms with Crippen LogP contribution >= 0.6 is 0 Å². The molecule has 2 unspecified atom stereocenters. The fourth-order valence-corrected chi connectivity index (χ4v) is 2.79. The van der Waals surface area contributed by atoms with E-state index in [4.69, 9.17) is 5.73 Å². The van der Waals surface area contributed by atoms with Crippen LogP contribution in [0.1, 0.15) is 44.2 Å². The molecular formula is C15H24N2O. The van der Waals surface area contributed by atoms with Crippen molar-refractivity contribution in [3.8, 4) is 0 Å². The first-order valence-corrected chi connectivity index (χ1v) is 7.00. The highest BCUT2D eigenvalue weighted by atomic mass is 16.3. The number of benzene rings is 1. The van der Waals surface area contributed by atoms with Gasteiger partial charge < -0.3 is 15.7 Å². The Bertz CT molecular complexity index is 381. The van der Waals surface area contributed by atoms with E-state index in [-0.39, 0.29) is 18.7 Å². The van der Waals surface area contributed by atoms with Gasteiger partial charge in [-0.1, -0.05) is 25.1 Å². The first-order valence-electron chi connectivity index (χ1n) is 7.00. The lowest BCUT2D eigenvalue weighted by atomic mass is 9.97. The highest BCUT2D eigenvalue weighted by Crippen LogP contribution is 2.31. The third-order valence-electron chi connectivity index (χ3n) is 3.92. The lowest BCUT2D eigenvalue weighted by Gasteiger charge is -2.38. The van der Waals surface area contributed by atoms with E-state index in [0.29, 0.717) is 0 Å². The van der Waals surface area contributed by atoms with Crippen molar-refractivity contribution in [1.29, 1.82) is 0 Å². The Hall–Kier alpha value is -1.06. The summed E-state index contributed by atoms with van der Waals surface area (Å²) in [4.78, 5) is 2.34. The highest BCUT2D eigenvalue weighted by molar-refractivity contribution is 5.56. The van der Waals surface area contributed by atoms with Gasteiger partial charge in [0.25, 0.3) is 0 Å². The van der Waals surface area contributed by atoms with Crippen molar-refractivity contribution < 1.29 is 5.11 Å². The van der Waals surface area contributed by atoms with Crippen molar-refractivity contribution in [2.45, 2.75) is 44.7 Å². The minimum atomic E-state index is 0.0856. The van der Waals surface area contributed by atoms with Crippen LogP contribution in [0.3, 0.4) is 0 Å². The summed E-state index contributed by atoms with van der Waals surface area (Å²) in [5.74, 6) is 0. The third kappa shape index (κ3) is 2.68. The highest BCUT2D eigenvalue weighted by Gasteiger charge is 2.24. The lowest BCUT2D eigenvalue weighted by molar-refractivity contribution is 0.240. The molecule has 0 spiro atoms. The predicted octanol–water partition coefficient (Wildman–Crippen LogP) is 2.45. The average Bonchev–Trinajstić information content (AvgIpc) is 2.46. The second-order valence-corrected chi connectivity index (χ2v) is 5.10. The number of hydrogen-bond donors (Lipinski definition) is 2. The number of aliphatic hydroxyl groups excluding tert-OH is 1. The molecule has 1 heterocycles. The molecule has 0 radical (unpaired) electrons. The molecule has 1 aromatic carbocycles. The summed E-state index contributed by atoms with van der Waals surface area (Å²) in [6.45, 7) is 3.37. The zero-order chi connectivity index (χ0) is 13.0. The zero-order valence-corrected chi connectivity index (χ0v) is 11.2. The summed E-state index contributed by atoms with van der Waals surface area (Å²) in [7, 11) is 0. The standard InChI is InChI=1S/C15H24N2O/c1-2-14(16)13-8-3-4-9-15(13)17-10-6-5-7-12(17)11-18/h3-4,8-9,12,14,18H,2,5-7,10-11,16H2,1H3. The number of rotatable bonds is 4. The van der Waals surface area contributed by atoms with Crippen LogP contribution in [0, 0.1) is 0 Å². The van der Waals surface area contributed by atoms with E-state index < -0.39 is 0 Å². The molecule has 0 saturated carbocycles. The third-order valence-corrected chi connectivity index (χ3v) is 3.92. The number of para-hydroxylation sites is 1. The molecule has 1 saturated heterocycles. The van der Waals surface area contributed by atoms with E-state index in [0.717, 1.165) is 19.4 Å². The zero-order valence-electron chi connectivity index (χ0n) is 11.2.